The van der Waals surface area contributed by atoms with E-state index < -0.39 is 0 Å². The molecule has 3 aromatic rings. The number of unbranched alkanes of at least 4 members (excludes halogenated alkanes) is 2. The molecular formula is C20H27N5. The van der Waals surface area contributed by atoms with Crippen LogP contribution in [0.5, 0.6) is 0 Å². The lowest BCUT2D eigenvalue weighted by Gasteiger charge is -2.24. The smallest absolute Gasteiger partial charge is 0.160 e. The summed E-state index contributed by atoms with van der Waals surface area (Å²) in [5, 5.41) is 8.07. The highest BCUT2D eigenvalue weighted by Gasteiger charge is 2.16. The van der Waals surface area contributed by atoms with Gasteiger partial charge in [-0.25, -0.2) is 4.98 Å². The van der Waals surface area contributed by atoms with Crippen LogP contribution in [0.2, 0.25) is 0 Å². The summed E-state index contributed by atoms with van der Waals surface area (Å²) < 4.78 is 0. The van der Waals surface area contributed by atoms with Gasteiger partial charge in [0.1, 0.15) is 5.82 Å². The van der Waals surface area contributed by atoms with Crippen molar-refractivity contribution in [2.75, 3.05) is 23.7 Å². The molecule has 0 aliphatic carbocycles. The number of rotatable bonds is 8. The van der Waals surface area contributed by atoms with Gasteiger partial charge in [0.25, 0.3) is 0 Å². The molecule has 0 aliphatic rings. The first kappa shape index (κ1) is 17.3. The minimum absolute atomic E-state index is 0.501. The molecule has 5 heteroatoms. The molecule has 0 spiro atoms. The molecule has 0 aliphatic heterocycles. The van der Waals surface area contributed by atoms with Crippen LogP contribution in [0, 0.1) is 0 Å². The predicted molar refractivity (Wildman–Crippen MR) is 106 cm³/mol. The van der Waals surface area contributed by atoms with Crippen LogP contribution in [0.25, 0.3) is 22.2 Å². The minimum atomic E-state index is 0.501. The highest BCUT2D eigenvalue weighted by Crippen LogP contribution is 2.33. The molecule has 0 saturated carbocycles. The first-order chi connectivity index (χ1) is 12.2. The molecule has 0 fully saturated rings. The number of anilines is 2. The van der Waals surface area contributed by atoms with Gasteiger partial charge in [-0.3, -0.25) is 5.10 Å². The maximum atomic E-state index is 6.10. The van der Waals surface area contributed by atoms with Crippen molar-refractivity contribution in [1.82, 2.24) is 15.2 Å². The SMILES string of the molecule is CCCCN(CCCC)c1cc(-c2ccccc2)c2c(N)n[nH]c2n1. The summed E-state index contributed by atoms with van der Waals surface area (Å²) in [5.41, 5.74) is 9.08. The molecule has 25 heavy (non-hydrogen) atoms. The third-order valence-electron chi connectivity index (χ3n) is 4.52. The number of hydrogen-bond donors (Lipinski definition) is 2. The molecule has 0 amide bonds. The van der Waals surface area contributed by atoms with Gasteiger partial charge in [-0.2, -0.15) is 5.10 Å². The maximum Gasteiger partial charge on any atom is 0.160 e. The number of nitrogen functional groups attached to an aromatic ring is 1. The number of fused-ring (bicyclic) bond motifs is 1. The molecule has 5 nitrogen and oxygen atoms in total. The lowest BCUT2D eigenvalue weighted by atomic mass is 10.0. The molecule has 2 aromatic heterocycles. The van der Waals surface area contributed by atoms with Crippen molar-refractivity contribution in [2.24, 2.45) is 0 Å². The molecular weight excluding hydrogens is 310 g/mol. The van der Waals surface area contributed by atoms with Crippen LogP contribution in [0.1, 0.15) is 39.5 Å². The zero-order valence-corrected chi connectivity index (χ0v) is 15.1. The summed E-state index contributed by atoms with van der Waals surface area (Å²) in [6.07, 6.45) is 4.67. The lowest BCUT2D eigenvalue weighted by molar-refractivity contribution is 0.672. The summed E-state index contributed by atoms with van der Waals surface area (Å²) in [4.78, 5) is 7.20. The number of pyridine rings is 1. The van der Waals surface area contributed by atoms with E-state index in [1.165, 1.54) is 12.8 Å². The van der Waals surface area contributed by atoms with Gasteiger partial charge in [-0.15, -0.1) is 0 Å². The number of H-pyrrole nitrogens is 1. The van der Waals surface area contributed by atoms with Gasteiger partial charge in [0.15, 0.2) is 11.5 Å². The van der Waals surface area contributed by atoms with E-state index in [0.29, 0.717) is 5.82 Å². The van der Waals surface area contributed by atoms with Gasteiger partial charge in [0, 0.05) is 18.7 Å². The summed E-state index contributed by atoms with van der Waals surface area (Å²) >= 11 is 0. The Kier molecular flexibility index (Phi) is 5.53. The van der Waals surface area contributed by atoms with Gasteiger partial charge >= 0.3 is 0 Å². The Balaban J connectivity index is 2.09. The maximum absolute atomic E-state index is 6.10. The van der Waals surface area contributed by atoms with E-state index in [4.69, 9.17) is 10.7 Å². The molecule has 0 radical (unpaired) electrons. The van der Waals surface area contributed by atoms with E-state index >= 15 is 0 Å². The summed E-state index contributed by atoms with van der Waals surface area (Å²) in [7, 11) is 0. The number of aromatic nitrogens is 3. The second-order valence-corrected chi connectivity index (χ2v) is 6.42. The fourth-order valence-corrected chi connectivity index (χ4v) is 3.09. The van der Waals surface area contributed by atoms with Crippen LogP contribution in [0.15, 0.2) is 36.4 Å². The van der Waals surface area contributed by atoms with Crippen molar-refractivity contribution in [3.8, 4) is 11.1 Å². The first-order valence-corrected chi connectivity index (χ1v) is 9.19. The van der Waals surface area contributed by atoms with Crippen molar-refractivity contribution in [3.63, 3.8) is 0 Å². The first-order valence-electron chi connectivity index (χ1n) is 9.19. The van der Waals surface area contributed by atoms with Gasteiger partial charge in [0.2, 0.25) is 0 Å². The Morgan fingerprint density at radius 1 is 1.04 bits per heavy atom. The zero-order valence-electron chi connectivity index (χ0n) is 15.1. The van der Waals surface area contributed by atoms with Gasteiger partial charge < -0.3 is 10.6 Å². The van der Waals surface area contributed by atoms with Crippen LogP contribution in [-0.4, -0.2) is 28.3 Å². The van der Waals surface area contributed by atoms with Crippen molar-refractivity contribution >= 4 is 22.7 Å². The largest absolute Gasteiger partial charge is 0.382 e. The summed E-state index contributed by atoms with van der Waals surface area (Å²) in [5.74, 6) is 1.50. The molecule has 132 valence electrons. The summed E-state index contributed by atoms with van der Waals surface area (Å²) in [6, 6.07) is 12.5. The van der Waals surface area contributed by atoms with Crippen molar-refractivity contribution in [2.45, 2.75) is 39.5 Å². The van der Waals surface area contributed by atoms with E-state index in [1.807, 2.05) is 18.2 Å². The fraction of sp³-hybridized carbons (Fsp3) is 0.400. The number of nitrogens with one attached hydrogen (secondary N) is 1. The van der Waals surface area contributed by atoms with Crippen LogP contribution < -0.4 is 10.6 Å². The Morgan fingerprint density at radius 2 is 1.72 bits per heavy atom. The topological polar surface area (TPSA) is 70.8 Å². The van der Waals surface area contributed by atoms with Crippen molar-refractivity contribution in [1.29, 1.82) is 0 Å². The molecule has 0 bridgehead atoms. The van der Waals surface area contributed by atoms with Gasteiger partial charge in [-0.05, 0) is 24.5 Å². The fourth-order valence-electron chi connectivity index (χ4n) is 3.09. The highest BCUT2D eigenvalue weighted by atomic mass is 15.2. The zero-order chi connectivity index (χ0) is 17.6. The van der Waals surface area contributed by atoms with E-state index in [-0.39, 0.29) is 0 Å². The average Bonchev–Trinajstić information content (AvgIpc) is 3.03. The van der Waals surface area contributed by atoms with E-state index in [1.54, 1.807) is 0 Å². The number of nitrogens with zero attached hydrogens (tertiary/aromatic N) is 3. The average molecular weight is 337 g/mol. The molecule has 3 N–H and O–H groups in total. The molecule has 0 saturated heterocycles. The highest BCUT2D eigenvalue weighted by molar-refractivity contribution is 6.01. The predicted octanol–water partition coefficient (Wildman–Crippen LogP) is 4.61. The minimum Gasteiger partial charge on any atom is -0.382 e. The molecule has 3 rings (SSSR count). The second kappa shape index (κ2) is 8.01. The summed E-state index contributed by atoms with van der Waals surface area (Å²) in [6.45, 7) is 6.49. The van der Waals surface area contributed by atoms with E-state index in [2.05, 4.69) is 47.1 Å². The van der Waals surface area contributed by atoms with Crippen LogP contribution in [-0.2, 0) is 0 Å². The standard InChI is InChI=1S/C20H27N5/c1-3-5-12-25(13-6-4-2)17-14-16(15-10-8-7-9-11-15)18-19(21)23-24-20(18)22-17/h7-11,14H,3-6,12-13H2,1-2H3,(H3,21,22,23,24). The Hall–Kier alpha value is -2.56. The quantitative estimate of drug-likeness (QED) is 0.629. The molecule has 0 atom stereocenters. The van der Waals surface area contributed by atoms with Crippen LogP contribution >= 0.6 is 0 Å². The Bertz CT molecular complexity index is 802. The Morgan fingerprint density at radius 3 is 2.36 bits per heavy atom. The van der Waals surface area contributed by atoms with Gasteiger partial charge in [-0.1, -0.05) is 57.0 Å². The number of benzene rings is 1. The number of aromatic amines is 1. The third kappa shape index (κ3) is 3.76. The van der Waals surface area contributed by atoms with Crippen LogP contribution in [0.4, 0.5) is 11.6 Å². The van der Waals surface area contributed by atoms with E-state index in [0.717, 1.165) is 53.9 Å². The third-order valence-corrected chi connectivity index (χ3v) is 4.52. The number of hydrogen-bond acceptors (Lipinski definition) is 4. The Labute approximate surface area is 149 Å². The van der Waals surface area contributed by atoms with Crippen LogP contribution in [0.3, 0.4) is 0 Å². The number of nitrogens with two attached hydrogens (primary N) is 1. The van der Waals surface area contributed by atoms with Gasteiger partial charge in [0.05, 0.1) is 5.39 Å². The normalized spacial score (nSPS) is 11.1. The van der Waals surface area contributed by atoms with Crippen molar-refractivity contribution < 1.29 is 0 Å². The molecule has 0 unspecified atom stereocenters. The molecule has 2 heterocycles. The van der Waals surface area contributed by atoms with E-state index in [9.17, 15) is 0 Å². The van der Waals surface area contributed by atoms with Crippen molar-refractivity contribution in [3.05, 3.63) is 36.4 Å². The lowest BCUT2D eigenvalue weighted by Crippen LogP contribution is -2.26. The molecule has 1 aromatic carbocycles. The second-order valence-electron chi connectivity index (χ2n) is 6.42. The monoisotopic (exact) mass is 337 g/mol.